The van der Waals surface area contributed by atoms with Gasteiger partial charge in [0, 0.05) is 23.7 Å². The SMILES string of the molecule is Oc1ccc(C2=C(C(F)(F)F)c3ccc(O)cc3OC2c2ccc(OCCCN3CCCC3)cc2)cc1. The van der Waals surface area contributed by atoms with Gasteiger partial charge < -0.3 is 24.6 Å². The molecule has 0 aromatic heterocycles. The second-order valence-electron chi connectivity index (χ2n) is 9.33. The number of phenols is 2. The maximum Gasteiger partial charge on any atom is 0.417 e. The summed E-state index contributed by atoms with van der Waals surface area (Å²) in [4.78, 5) is 2.41. The third-order valence-corrected chi connectivity index (χ3v) is 6.74. The molecular formula is C29H28F3NO4. The molecule has 5 rings (SSSR count). The summed E-state index contributed by atoms with van der Waals surface area (Å²) in [5.74, 6) is 0.333. The van der Waals surface area contributed by atoms with E-state index in [1.807, 2.05) is 0 Å². The molecule has 2 N–H and O–H groups in total. The van der Waals surface area contributed by atoms with Crippen LogP contribution in [-0.2, 0) is 0 Å². The predicted octanol–water partition coefficient (Wildman–Crippen LogP) is 6.57. The van der Waals surface area contributed by atoms with Gasteiger partial charge in [-0.15, -0.1) is 0 Å². The number of ether oxygens (including phenoxy) is 2. The lowest BCUT2D eigenvalue weighted by Crippen LogP contribution is -2.23. The zero-order chi connectivity index (χ0) is 26.0. The van der Waals surface area contributed by atoms with Crippen molar-refractivity contribution in [3.63, 3.8) is 0 Å². The summed E-state index contributed by atoms with van der Waals surface area (Å²) in [5.41, 5.74) is -0.279. The second kappa shape index (κ2) is 10.4. The van der Waals surface area contributed by atoms with E-state index in [0.717, 1.165) is 26.1 Å². The number of benzene rings is 3. The Bertz CT molecular complexity index is 1260. The number of fused-ring (bicyclic) bond motifs is 1. The van der Waals surface area contributed by atoms with Gasteiger partial charge in [-0.2, -0.15) is 13.2 Å². The van der Waals surface area contributed by atoms with E-state index < -0.39 is 17.9 Å². The molecule has 1 unspecified atom stereocenters. The summed E-state index contributed by atoms with van der Waals surface area (Å²) in [6.07, 6.45) is -2.41. The number of aromatic hydroxyl groups is 2. The Morgan fingerprint density at radius 3 is 2.24 bits per heavy atom. The first-order valence-corrected chi connectivity index (χ1v) is 12.4. The average molecular weight is 512 g/mol. The van der Waals surface area contributed by atoms with E-state index in [-0.39, 0.29) is 33.9 Å². The third kappa shape index (κ3) is 5.54. The maximum atomic E-state index is 14.5. The minimum absolute atomic E-state index is 0.0530. The van der Waals surface area contributed by atoms with Gasteiger partial charge in [-0.3, -0.25) is 0 Å². The number of alkyl halides is 3. The minimum Gasteiger partial charge on any atom is -0.508 e. The number of allylic oxidation sites excluding steroid dienone is 1. The van der Waals surface area contributed by atoms with E-state index in [2.05, 4.69) is 4.90 Å². The number of rotatable bonds is 7. The molecule has 2 heterocycles. The Morgan fingerprint density at radius 1 is 0.892 bits per heavy atom. The van der Waals surface area contributed by atoms with Crippen molar-refractivity contribution in [1.82, 2.24) is 4.90 Å². The maximum absolute atomic E-state index is 14.5. The normalized spacial score (nSPS) is 18.0. The Kier molecular flexibility index (Phi) is 7.02. The van der Waals surface area contributed by atoms with Gasteiger partial charge in [-0.05, 0) is 79.9 Å². The van der Waals surface area contributed by atoms with Crippen LogP contribution >= 0.6 is 0 Å². The van der Waals surface area contributed by atoms with Crippen molar-refractivity contribution in [3.8, 4) is 23.0 Å². The largest absolute Gasteiger partial charge is 0.508 e. The molecule has 0 aliphatic carbocycles. The molecule has 1 saturated heterocycles. The molecule has 8 heteroatoms. The van der Waals surface area contributed by atoms with Gasteiger partial charge in [0.2, 0.25) is 0 Å². The van der Waals surface area contributed by atoms with Gasteiger partial charge in [0.05, 0.1) is 12.2 Å². The van der Waals surface area contributed by atoms with Crippen LogP contribution in [-0.4, -0.2) is 47.5 Å². The topological polar surface area (TPSA) is 62.2 Å². The summed E-state index contributed by atoms with van der Waals surface area (Å²) in [6, 6.07) is 16.0. The van der Waals surface area contributed by atoms with Gasteiger partial charge in [0.25, 0.3) is 0 Å². The summed E-state index contributed by atoms with van der Waals surface area (Å²) in [7, 11) is 0. The first kappa shape index (κ1) is 25.0. The smallest absolute Gasteiger partial charge is 0.417 e. The molecular weight excluding hydrogens is 483 g/mol. The molecule has 0 spiro atoms. The first-order chi connectivity index (χ1) is 17.8. The van der Waals surface area contributed by atoms with Crippen LogP contribution in [0.5, 0.6) is 23.0 Å². The minimum atomic E-state index is -4.70. The first-order valence-electron chi connectivity index (χ1n) is 12.4. The standard InChI is InChI=1S/C29H28F3NO4/c30-29(31,32)27-24-13-10-22(35)18-25(24)37-28(26(27)19-4-8-21(34)9-5-19)20-6-11-23(12-7-20)36-17-3-16-33-14-1-2-15-33/h4-13,18,28,34-35H,1-3,14-17H2. The van der Waals surface area contributed by atoms with Crippen molar-refractivity contribution < 1.29 is 32.9 Å². The van der Waals surface area contributed by atoms with Gasteiger partial charge in [0.15, 0.2) is 6.10 Å². The number of nitrogens with zero attached hydrogens (tertiary/aromatic N) is 1. The van der Waals surface area contributed by atoms with E-state index in [9.17, 15) is 23.4 Å². The van der Waals surface area contributed by atoms with Gasteiger partial charge in [-0.25, -0.2) is 0 Å². The predicted molar refractivity (Wildman–Crippen MR) is 135 cm³/mol. The lowest BCUT2D eigenvalue weighted by Gasteiger charge is -2.33. The number of hydrogen-bond donors (Lipinski definition) is 2. The lowest BCUT2D eigenvalue weighted by molar-refractivity contribution is -0.0695. The summed E-state index contributed by atoms with van der Waals surface area (Å²) < 4.78 is 55.5. The molecule has 37 heavy (non-hydrogen) atoms. The van der Waals surface area contributed by atoms with Gasteiger partial charge >= 0.3 is 6.18 Å². The summed E-state index contributed by atoms with van der Waals surface area (Å²) in [6.45, 7) is 3.81. The van der Waals surface area contributed by atoms with Crippen molar-refractivity contribution in [3.05, 3.63) is 83.4 Å². The molecule has 0 radical (unpaired) electrons. The molecule has 3 aromatic rings. The highest BCUT2D eigenvalue weighted by Gasteiger charge is 2.44. The monoisotopic (exact) mass is 511 g/mol. The quantitative estimate of drug-likeness (QED) is 0.352. The number of phenolic OH excluding ortho intramolecular Hbond substituents is 2. The Morgan fingerprint density at radius 2 is 1.57 bits per heavy atom. The highest BCUT2D eigenvalue weighted by atomic mass is 19.4. The van der Waals surface area contributed by atoms with Gasteiger partial charge in [-0.1, -0.05) is 24.3 Å². The molecule has 5 nitrogen and oxygen atoms in total. The number of halogens is 3. The Hall–Kier alpha value is -3.65. The molecule has 1 atom stereocenters. The lowest BCUT2D eigenvalue weighted by atomic mass is 9.85. The van der Waals surface area contributed by atoms with Crippen LogP contribution < -0.4 is 9.47 Å². The van der Waals surface area contributed by atoms with Crippen molar-refractivity contribution in [2.24, 2.45) is 0 Å². The number of likely N-dealkylation sites (tertiary alicyclic amines) is 1. The van der Waals surface area contributed by atoms with Crippen LogP contribution in [0.1, 0.15) is 42.1 Å². The Balaban J connectivity index is 1.46. The van der Waals surface area contributed by atoms with Crippen LogP contribution in [0.15, 0.2) is 66.7 Å². The fourth-order valence-electron chi connectivity index (χ4n) is 4.98. The molecule has 2 aliphatic heterocycles. The Labute approximate surface area is 213 Å². The van der Waals surface area contributed by atoms with E-state index >= 15 is 0 Å². The zero-order valence-electron chi connectivity index (χ0n) is 20.2. The van der Waals surface area contributed by atoms with Crippen LogP contribution in [0, 0.1) is 0 Å². The zero-order valence-corrected chi connectivity index (χ0v) is 20.2. The van der Waals surface area contributed by atoms with E-state index in [1.54, 1.807) is 24.3 Å². The van der Waals surface area contributed by atoms with Gasteiger partial charge in [0.1, 0.15) is 23.0 Å². The number of hydrogen-bond acceptors (Lipinski definition) is 5. The van der Waals surface area contributed by atoms with Crippen LogP contribution in [0.3, 0.4) is 0 Å². The fourth-order valence-corrected chi connectivity index (χ4v) is 4.98. The van der Waals surface area contributed by atoms with E-state index in [4.69, 9.17) is 9.47 Å². The summed E-state index contributed by atoms with van der Waals surface area (Å²) >= 11 is 0. The highest BCUT2D eigenvalue weighted by Crippen LogP contribution is 2.53. The van der Waals surface area contributed by atoms with Crippen molar-refractivity contribution >= 4 is 11.1 Å². The molecule has 3 aromatic carbocycles. The van der Waals surface area contributed by atoms with Crippen molar-refractivity contribution in [1.29, 1.82) is 0 Å². The molecule has 0 amide bonds. The molecule has 2 aliphatic rings. The van der Waals surface area contributed by atoms with Crippen LogP contribution in [0.4, 0.5) is 13.2 Å². The van der Waals surface area contributed by atoms with Crippen molar-refractivity contribution in [2.75, 3.05) is 26.2 Å². The molecule has 0 saturated carbocycles. The third-order valence-electron chi connectivity index (χ3n) is 6.74. The fraction of sp³-hybridized carbons (Fsp3) is 0.310. The molecule has 194 valence electrons. The second-order valence-corrected chi connectivity index (χ2v) is 9.33. The van der Waals surface area contributed by atoms with E-state index in [0.29, 0.717) is 17.9 Å². The summed E-state index contributed by atoms with van der Waals surface area (Å²) in [5, 5.41) is 19.7. The molecule has 0 bridgehead atoms. The van der Waals surface area contributed by atoms with Crippen LogP contribution in [0.25, 0.3) is 11.1 Å². The highest BCUT2D eigenvalue weighted by molar-refractivity contribution is 5.98. The average Bonchev–Trinajstić information content (AvgIpc) is 3.39. The molecule has 1 fully saturated rings. The van der Waals surface area contributed by atoms with E-state index in [1.165, 1.54) is 55.3 Å². The van der Waals surface area contributed by atoms with Crippen LogP contribution in [0.2, 0.25) is 0 Å². The van der Waals surface area contributed by atoms with Crippen molar-refractivity contribution in [2.45, 2.75) is 31.5 Å².